The van der Waals surface area contributed by atoms with E-state index in [1.807, 2.05) is 14.0 Å². The average molecular weight is 168 g/mol. The van der Waals surface area contributed by atoms with Gasteiger partial charge in [0.1, 0.15) is 5.69 Å². The molecule has 68 valence electrons. The van der Waals surface area contributed by atoms with Gasteiger partial charge in [-0.2, -0.15) is 5.10 Å². The highest BCUT2D eigenvalue weighted by molar-refractivity contribution is 5.34. The number of rotatable bonds is 2. The van der Waals surface area contributed by atoms with E-state index in [1.165, 1.54) is 0 Å². The summed E-state index contributed by atoms with van der Waals surface area (Å²) < 4.78 is 1.76. The third-order valence-electron chi connectivity index (χ3n) is 2.02. The third kappa shape index (κ3) is 1.31. The molecule has 0 aliphatic rings. The molecule has 0 aromatic carbocycles. The average Bonchev–Trinajstić information content (AvgIpc) is 2.25. The Morgan fingerprint density at radius 3 is 2.33 bits per heavy atom. The van der Waals surface area contributed by atoms with Gasteiger partial charge < -0.3 is 5.11 Å². The molecule has 0 bridgehead atoms. The summed E-state index contributed by atoms with van der Waals surface area (Å²) >= 11 is 0. The molecule has 0 fully saturated rings. The zero-order valence-corrected chi connectivity index (χ0v) is 8.13. The molecule has 12 heavy (non-hydrogen) atoms. The summed E-state index contributed by atoms with van der Waals surface area (Å²) in [6.07, 6.45) is 0.784. The fourth-order valence-corrected chi connectivity index (χ4v) is 1.47. The maximum absolute atomic E-state index is 9.70. The molecular weight excluding hydrogens is 152 g/mol. The lowest BCUT2D eigenvalue weighted by Gasteiger charge is -2.04. The number of hydrogen-bond acceptors (Lipinski definition) is 2. The third-order valence-corrected chi connectivity index (χ3v) is 2.02. The van der Waals surface area contributed by atoms with E-state index in [9.17, 15) is 5.11 Å². The lowest BCUT2D eigenvalue weighted by atomic mass is 10.1. The van der Waals surface area contributed by atoms with Crippen LogP contribution < -0.4 is 0 Å². The smallest absolute Gasteiger partial charge is 0.160 e. The first-order valence-electron chi connectivity index (χ1n) is 4.32. The van der Waals surface area contributed by atoms with Gasteiger partial charge >= 0.3 is 0 Å². The Labute approximate surface area is 73.0 Å². The molecule has 1 aromatic heterocycles. The zero-order valence-electron chi connectivity index (χ0n) is 8.13. The van der Waals surface area contributed by atoms with Crippen LogP contribution in [0.4, 0.5) is 0 Å². The molecule has 0 aliphatic heterocycles. The van der Waals surface area contributed by atoms with Crippen LogP contribution in [0.2, 0.25) is 0 Å². The molecule has 0 amide bonds. The zero-order chi connectivity index (χ0) is 9.30. The minimum absolute atomic E-state index is 0.322. The molecule has 0 unspecified atom stereocenters. The van der Waals surface area contributed by atoms with Crippen LogP contribution in [0.25, 0.3) is 0 Å². The Morgan fingerprint density at radius 2 is 2.08 bits per heavy atom. The van der Waals surface area contributed by atoms with E-state index >= 15 is 0 Å². The van der Waals surface area contributed by atoms with Crippen LogP contribution in [0.1, 0.15) is 38.1 Å². The van der Waals surface area contributed by atoms with Gasteiger partial charge in [-0.05, 0) is 12.3 Å². The Morgan fingerprint density at radius 1 is 1.50 bits per heavy atom. The highest BCUT2D eigenvalue weighted by atomic mass is 16.3. The van der Waals surface area contributed by atoms with Crippen molar-refractivity contribution < 1.29 is 5.11 Å². The number of aryl methyl sites for hydroxylation is 2. The van der Waals surface area contributed by atoms with Crippen LogP contribution >= 0.6 is 0 Å². The fraction of sp³-hybridized carbons (Fsp3) is 0.667. The van der Waals surface area contributed by atoms with Crippen molar-refractivity contribution in [3.05, 3.63) is 11.4 Å². The summed E-state index contributed by atoms with van der Waals surface area (Å²) in [5, 5.41) is 13.9. The predicted molar refractivity (Wildman–Crippen MR) is 48.3 cm³/mol. The van der Waals surface area contributed by atoms with Gasteiger partial charge in [-0.25, -0.2) is 0 Å². The quantitative estimate of drug-likeness (QED) is 0.731. The van der Waals surface area contributed by atoms with Gasteiger partial charge in [-0.1, -0.05) is 20.8 Å². The Balaban J connectivity index is 3.19. The van der Waals surface area contributed by atoms with E-state index < -0.39 is 0 Å². The van der Waals surface area contributed by atoms with Crippen molar-refractivity contribution in [3.8, 4) is 5.75 Å². The number of hydrogen-bond donors (Lipinski definition) is 1. The highest BCUT2D eigenvalue weighted by Gasteiger charge is 2.15. The largest absolute Gasteiger partial charge is 0.504 e. The van der Waals surface area contributed by atoms with Crippen molar-refractivity contribution in [2.24, 2.45) is 7.05 Å². The van der Waals surface area contributed by atoms with Crippen molar-refractivity contribution in [1.82, 2.24) is 9.78 Å². The first-order chi connectivity index (χ1) is 5.57. The molecule has 0 saturated carbocycles. The van der Waals surface area contributed by atoms with Gasteiger partial charge in [0.05, 0.1) is 5.69 Å². The first-order valence-corrected chi connectivity index (χ1v) is 4.32. The van der Waals surface area contributed by atoms with Crippen molar-refractivity contribution in [2.75, 3.05) is 0 Å². The topological polar surface area (TPSA) is 38.0 Å². The normalized spacial score (nSPS) is 11.1. The summed E-state index contributed by atoms with van der Waals surface area (Å²) in [6.45, 7) is 6.10. The second kappa shape index (κ2) is 3.17. The Bertz CT molecular complexity index is 276. The molecule has 3 heteroatoms. The molecule has 1 N–H and O–H groups in total. The molecule has 0 atom stereocenters. The molecule has 0 aliphatic carbocycles. The van der Waals surface area contributed by atoms with Crippen LogP contribution in [0.5, 0.6) is 5.75 Å². The number of nitrogens with zero attached hydrogens (tertiary/aromatic N) is 2. The number of aromatic nitrogens is 2. The molecular formula is C9H16N2O. The summed E-state index contributed by atoms with van der Waals surface area (Å²) in [6, 6.07) is 0. The monoisotopic (exact) mass is 168 g/mol. The van der Waals surface area contributed by atoms with Crippen LogP contribution in [0.15, 0.2) is 0 Å². The lowest BCUT2D eigenvalue weighted by Crippen LogP contribution is -1.99. The van der Waals surface area contributed by atoms with Gasteiger partial charge in [0.15, 0.2) is 5.75 Å². The molecule has 0 radical (unpaired) electrons. The predicted octanol–water partition coefficient (Wildman–Crippen LogP) is 1.81. The van der Waals surface area contributed by atoms with Crippen molar-refractivity contribution in [3.63, 3.8) is 0 Å². The Kier molecular flexibility index (Phi) is 2.40. The van der Waals surface area contributed by atoms with Crippen molar-refractivity contribution >= 4 is 0 Å². The van der Waals surface area contributed by atoms with Gasteiger partial charge in [0.2, 0.25) is 0 Å². The molecule has 0 spiro atoms. The van der Waals surface area contributed by atoms with Gasteiger partial charge in [-0.3, -0.25) is 4.68 Å². The van der Waals surface area contributed by atoms with E-state index in [0.717, 1.165) is 17.8 Å². The van der Waals surface area contributed by atoms with Crippen LogP contribution in [-0.2, 0) is 13.5 Å². The summed E-state index contributed by atoms with van der Waals surface area (Å²) in [5.41, 5.74) is 1.72. The molecule has 1 aromatic rings. The lowest BCUT2D eigenvalue weighted by molar-refractivity contribution is 0.456. The second-order valence-corrected chi connectivity index (χ2v) is 3.31. The summed E-state index contributed by atoms with van der Waals surface area (Å²) in [5.74, 6) is 0.692. The highest BCUT2D eigenvalue weighted by Crippen LogP contribution is 2.28. The summed E-state index contributed by atoms with van der Waals surface area (Å²) in [7, 11) is 1.87. The van der Waals surface area contributed by atoms with Crippen molar-refractivity contribution in [2.45, 2.75) is 33.1 Å². The fourth-order valence-electron chi connectivity index (χ4n) is 1.47. The summed E-state index contributed by atoms with van der Waals surface area (Å²) in [4.78, 5) is 0. The Hall–Kier alpha value is -0.990. The molecule has 0 saturated heterocycles. The van der Waals surface area contributed by atoms with E-state index in [1.54, 1.807) is 4.68 Å². The SMILES string of the molecule is CCc1nn(C)c(C(C)C)c1O. The van der Waals surface area contributed by atoms with E-state index in [0.29, 0.717) is 11.7 Å². The molecule has 3 nitrogen and oxygen atoms in total. The van der Waals surface area contributed by atoms with E-state index in [-0.39, 0.29) is 0 Å². The number of aromatic hydroxyl groups is 1. The molecule has 1 rings (SSSR count). The maximum atomic E-state index is 9.70. The van der Waals surface area contributed by atoms with E-state index in [4.69, 9.17) is 0 Å². The van der Waals surface area contributed by atoms with E-state index in [2.05, 4.69) is 18.9 Å². The second-order valence-electron chi connectivity index (χ2n) is 3.31. The standard InChI is InChI=1S/C9H16N2O/c1-5-7-9(12)8(6(2)3)11(4)10-7/h6,12H,5H2,1-4H3. The van der Waals surface area contributed by atoms with Gasteiger partial charge in [0.25, 0.3) is 0 Å². The van der Waals surface area contributed by atoms with Gasteiger partial charge in [-0.15, -0.1) is 0 Å². The van der Waals surface area contributed by atoms with Crippen molar-refractivity contribution in [1.29, 1.82) is 0 Å². The minimum atomic E-state index is 0.322. The van der Waals surface area contributed by atoms with Crippen LogP contribution in [-0.4, -0.2) is 14.9 Å². The van der Waals surface area contributed by atoms with Crippen LogP contribution in [0, 0.1) is 0 Å². The minimum Gasteiger partial charge on any atom is -0.504 e. The first kappa shape index (κ1) is 9.10. The maximum Gasteiger partial charge on any atom is 0.160 e. The van der Waals surface area contributed by atoms with Crippen LogP contribution in [0.3, 0.4) is 0 Å². The molecule has 1 heterocycles. The van der Waals surface area contributed by atoms with Gasteiger partial charge in [0, 0.05) is 7.05 Å².